The number of aryl methyl sites for hydroxylation is 2. The molecule has 7 nitrogen and oxygen atoms in total. The largest absolute Gasteiger partial charge is 0.492 e. The number of rotatable bonds is 6. The lowest BCUT2D eigenvalue weighted by atomic mass is 9.86. The molecule has 0 saturated carbocycles. The molecular weight excluding hydrogens is 428 g/mol. The van der Waals surface area contributed by atoms with Gasteiger partial charge in [0.2, 0.25) is 10.0 Å². The van der Waals surface area contributed by atoms with Gasteiger partial charge in [0, 0.05) is 0 Å². The average molecular weight is 461 g/mol. The van der Waals surface area contributed by atoms with Crippen molar-refractivity contribution in [1.82, 2.24) is 5.32 Å². The molecule has 1 aliphatic heterocycles. The summed E-state index contributed by atoms with van der Waals surface area (Å²) >= 11 is 0. The maximum atomic E-state index is 12.7. The Morgan fingerprint density at radius 3 is 2.50 bits per heavy atom. The van der Waals surface area contributed by atoms with Crippen LogP contribution in [-0.2, 0) is 20.2 Å². The molecule has 174 valence electrons. The fourth-order valence-corrected chi connectivity index (χ4v) is 4.34. The highest BCUT2D eigenvalue weighted by Crippen LogP contribution is 2.38. The normalized spacial score (nSPS) is 16.2. The molecule has 0 bridgehead atoms. The number of hydrogen-bond acceptors (Lipinski definition) is 5. The second-order valence-electron chi connectivity index (χ2n) is 9.22. The molecular formula is C24H32N2O5S. The summed E-state index contributed by atoms with van der Waals surface area (Å²) in [7, 11) is -3.59. The Hall–Kier alpha value is -2.74. The maximum absolute atomic E-state index is 12.7. The van der Waals surface area contributed by atoms with Crippen molar-refractivity contribution in [2.75, 3.05) is 30.3 Å². The lowest BCUT2D eigenvalue weighted by Gasteiger charge is -2.35. The Morgan fingerprint density at radius 1 is 1.16 bits per heavy atom. The van der Waals surface area contributed by atoms with Gasteiger partial charge in [-0.15, -0.1) is 0 Å². The minimum Gasteiger partial charge on any atom is -0.492 e. The molecule has 0 radical (unpaired) electrons. The first-order valence-electron chi connectivity index (χ1n) is 10.6. The van der Waals surface area contributed by atoms with Gasteiger partial charge >= 0.3 is 0 Å². The Morgan fingerprint density at radius 2 is 1.88 bits per heavy atom. The van der Waals surface area contributed by atoms with Crippen LogP contribution in [0.1, 0.15) is 37.5 Å². The van der Waals surface area contributed by atoms with Crippen LogP contribution < -0.4 is 19.1 Å². The molecule has 1 unspecified atom stereocenters. The Bertz CT molecular complexity index is 1110. The van der Waals surface area contributed by atoms with Crippen molar-refractivity contribution in [2.24, 2.45) is 0 Å². The molecule has 0 fully saturated rings. The smallest absolute Gasteiger partial charge is 0.263 e. The lowest BCUT2D eigenvalue weighted by molar-refractivity contribution is -0.127. The number of fused-ring (bicyclic) bond motifs is 1. The van der Waals surface area contributed by atoms with Crippen LogP contribution in [0.4, 0.5) is 5.69 Å². The van der Waals surface area contributed by atoms with E-state index in [4.69, 9.17) is 9.47 Å². The summed E-state index contributed by atoms with van der Waals surface area (Å²) in [6, 6.07) is 11.3. The average Bonchev–Trinajstić information content (AvgIpc) is 2.70. The van der Waals surface area contributed by atoms with Gasteiger partial charge in [-0.05, 0) is 60.2 Å². The zero-order chi connectivity index (χ0) is 23.7. The third-order valence-electron chi connectivity index (χ3n) is 5.54. The quantitative estimate of drug-likeness (QED) is 0.669. The van der Waals surface area contributed by atoms with Crippen LogP contribution in [0.5, 0.6) is 11.5 Å². The number of carbonyl (C=O) groups excluding carboxylic acids is 1. The lowest BCUT2D eigenvalue weighted by Crippen LogP contribution is -2.51. The number of carbonyl (C=O) groups is 1. The summed E-state index contributed by atoms with van der Waals surface area (Å²) in [6.45, 7) is 10.7. The molecule has 1 N–H and O–H groups in total. The summed E-state index contributed by atoms with van der Waals surface area (Å²) in [5, 5.41) is 2.78. The van der Waals surface area contributed by atoms with Crippen LogP contribution in [0.25, 0.3) is 0 Å². The van der Waals surface area contributed by atoms with E-state index in [9.17, 15) is 13.2 Å². The fraction of sp³-hybridized carbons (Fsp3) is 0.458. The Balaban J connectivity index is 1.67. The van der Waals surface area contributed by atoms with E-state index in [1.54, 1.807) is 6.07 Å². The number of benzene rings is 2. The van der Waals surface area contributed by atoms with Crippen LogP contribution >= 0.6 is 0 Å². The highest BCUT2D eigenvalue weighted by molar-refractivity contribution is 7.92. The van der Waals surface area contributed by atoms with Crippen LogP contribution in [0.2, 0.25) is 0 Å². The number of anilines is 1. The first kappa shape index (κ1) is 23.9. The standard InChI is InChI=1S/C24H32N2O5S/c1-16-7-9-19(13-17(16)2)30-12-11-25-23(27)22-15-26(32(6,28)29)20-14-18(24(3,4)5)8-10-21(20)31-22/h7-10,13-14,22H,11-12,15H2,1-6H3,(H,25,27). The molecule has 2 aromatic carbocycles. The molecule has 1 amide bonds. The molecule has 8 heteroatoms. The van der Waals surface area contributed by atoms with E-state index in [0.29, 0.717) is 18.0 Å². The number of nitrogens with one attached hydrogen (secondary N) is 1. The first-order chi connectivity index (χ1) is 14.9. The van der Waals surface area contributed by atoms with Gasteiger partial charge in [-0.2, -0.15) is 0 Å². The third kappa shape index (κ3) is 5.54. The highest BCUT2D eigenvalue weighted by atomic mass is 32.2. The zero-order valence-electron chi connectivity index (χ0n) is 19.6. The van der Waals surface area contributed by atoms with Crippen LogP contribution in [0, 0.1) is 13.8 Å². The van der Waals surface area contributed by atoms with Crippen LogP contribution in [-0.4, -0.2) is 46.4 Å². The number of nitrogens with zero attached hydrogens (tertiary/aromatic N) is 1. The molecule has 1 atom stereocenters. The predicted molar refractivity (Wildman–Crippen MR) is 126 cm³/mol. The first-order valence-corrected chi connectivity index (χ1v) is 12.5. The van der Waals surface area contributed by atoms with E-state index in [-0.39, 0.29) is 24.4 Å². The Labute approximate surface area is 190 Å². The van der Waals surface area contributed by atoms with Gasteiger partial charge < -0.3 is 14.8 Å². The van der Waals surface area contributed by atoms with Crippen molar-refractivity contribution in [2.45, 2.75) is 46.1 Å². The highest BCUT2D eigenvalue weighted by Gasteiger charge is 2.35. The summed E-state index contributed by atoms with van der Waals surface area (Å²) in [5.41, 5.74) is 3.62. The van der Waals surface area contributed by atoms with Crippen LogP contribution in [0.15, 0.2) is 36.4 Å². The van der Waals surface area contributed by atoms with Gasteiger partial charge in [-0.25, -0.2) is 8.42 Å². The van der Waals surface area contributed by atoms with Gasteiger partial charge in [-0.3, -0.25) is 9.10 Å². The van der Waals surface area contributed by atoms with Crippen molar-refractivity contribution >= 4 is 21.6 Å². The molecule has 1 heterocycles. The zero-order valence-corrected chi connectivity index (χ0v) is 20.4. The van der Waals surface area contributed by atoms with E-state index in [2.05, 4.69) is 26.1 Å². The number of sulfonamides is 1. The molecule has 0 spiro atoms. The van der Waals surface area contributed by atoms with E-state index in [1.807, 2.05) is 44.2 Å². The number of hydrogen-bond donors (Lipinski definition) is 1. The van der Waals surface area contributed by atoms with E-state index < -0.39 is 16.1 Å². The molecule has 32 heavy (non-hydrogen) atoms. The van der Waals surface area contributed by atoms with Crippen molar-refractivity contribution in [3.63, 3.8) is 0 Å². The van der Waals surface area contributed by atoms with Gasteiger partial charge in [0.1, 0.15) is 18.1 Å². The Kier molecular flexibility index (Phi) is 6.74. The van der Waals surface area contributed by atoms with E-state index in [0.717, 1.165) is 23.1 Å². The van der Waals surface area contributed by atoms with Crippen molar-refractivity contribution in [3.05, 3.63) is 53.1 Å². The second-order valence-corrected chi connectivity index (χ2v) is 11.1. The van der Waals surface area contributed by atoms with E-state index in [1.165, 1.54) is 9.87 Å². The summed E-state index contributed by atoms with van der Waals surface area (Å²) < 4.78 is 37.7. The topological polar surface area (TPSA) is 84.9 Å². The molecule has 1 aliphatic rings. The van der Waals surface area contributed by atoms with Crippen molar-refractivity contribution in [3.8, 4) is 11.5 Å². The monoisotopic (exact) mass is 460 g/mol. The van der Waals surface area contributed by atoms with Gasteiger partial charge in [-0.1, -0.05) is 32.9 Å². The SMILES string of the molecule is Cc1ccc(OCCNC(=O)C2CN(S(C)(=O)=O)c3cc(C(C)(C)C)ccc3O2)cc1C. The number of ether oxygens (including phenoxy) is 2. The van der Waals surface area contributed by atoms with Crippen LogP contribution in [0.3, 0.4) is 0 Å². The second kappa shape index (κ2) is 9.02. The molecule has 0 aliphatic carbocycles. The fourth-order valence-electron chi connectivity index (χ4n) is 3.43. The summed E-state index contributed by atoms with van der Waals surface area (Å²) in [5.74, 6) is 0.734. The van der Waals surface area contributed by atoms with Crippen molar-refractivity contribution in [1.29, 1.82) is 0 Å². The molecule has 2 aromatic rings. The maximum Gasteiger partial charge on any atom is 0.263 e. The number of amides is 1. The van der Waals surface area contributed by atoms with Gasteiger partial charge in [0.25, 0.3) is 5.91 Å². The third-order valence-corrected chi connectivity index (χ3v) is 6.68. The minimum absolute atomic E-state index is 0.0801. The minimum atomic E-state index is -3.59. The van der Waals surface area contributed by atoms with Crippen molar-refractivity contribution < 1.29 is 22.7 Å². The predicted octanol–water partition coefficient (Wildman–Crippen LogP) is 3.32. The van der Waals surface area contributed by atoms with Gasteiger partial charge in [0.15, 0.2) is 6.10 Å². The van der Waals surface area contributed by atoms with Gasteiger partial charge in [0.05, 0.1) is 25.0 Å². The summed E-state index contributed by atoms with van der Waals surface area (Å²) in [4.78, 5) is 12.7. The summed E-state index contributed by atoms with van der Waals surface area (Å²) in [6.07, 6.45) is 0.192. The van der Waals surface area contributed by atoms with E-state index >= 15 is 0 Å². The molecule has 0 saturated heterocycles. The molecule has 3 rings (SSSR count). The molecule has 0 aromatic heterocycles.